The monoisotopic (exact) mass is 284 g/mol. The van der Waals surface area contributed by atoms with Crippen molar-refractivity contribution in [1.82, 2.24) is 0 Å². The Balaban J connectivity index is 1.89. The van der Waals surface area contributed by atoms with Gasteiger partial charge in [-0.2, -0.15) is 0 Å². The molecule has 0 unspecified atom stereocenters. The van der Waals surface area contributed by atoms with Gasteiger partial charge in [0, 0.05) is 0 Å². The molecule has 1 aromatic heterocycles. The van der Waals surface area contributed by atoms with Crippen LogP contribution in [0.5, 0.6) is 0 Å². The molecule has 1 N–H and O–H groups in total. The average molecular weight is 283 g/mol. The van der Waals surface area contributed by atoms with Gasteiger partial charge in [-0.05, 0) is 0 Å². The number of hydrogen-bond donors (Lipinski definition) is 1. The Morgan fingerprint density at radius 2 is 1.93 bits per heavy atom. The summed E-state index contributed by atoms with van der Waals surface area (Å²) in [4.78, 5) is 1.08. The quantitative estimate of drug-likeness (QED) is 0.853. The van der Waals surface area contributed by atoms with E-state index in [2.05, 4.69) is 24.3 Å². The zero-order chi connectivity index (χ0) is 10.5. The third-order valence-electron chi connectivity index (χ3n) is 2.02. The molecular formula is C12H12OSSe. The number of rotatable bonds is 4. The molecule has 1 aromatic carbocycles. The van der Waals surface area contributed by atoms with E-state index >= 15 is 0 Å². The second-order valence-corrected chi connectivity index (χ2v) is 6.43. The van der Waals surface area contributed by atoms with Gasteiger partial charge in [0.05, 0.1) is 0 Å². The second kappa shape index (κ2) is 5.47. The second-order valence-electron chi connectivity index (χ2n) is 3.16. The summed E-state index contributed by atoms with van der Waals surface area (Å²) in [5.74, 6) is 0. The molecule has 0 amide bonds. The van der Waals surface area contributed by atoms with E-state index in [0.29, 0.717) is 15.0 Å². The maximum absolute atomic E-state index is 9.90. The fourth-order valence-electron chi connectivity index (χ4n) is 1.25. The van der Waals surface area contributed by atoms with Crippen LogP contribution in [0, 0.1) is 0 Å². The van der Waals surface area contributed by atoms with Crippen LogP contribution in [0.4, 0.5) is 0 Å². The van der Waals surface area contributed by atoms with Crippen molar-refractivity contribution in [2.75, 3.05) is 0 Å². The molecule has 1 heterocycles. The minimum atomic E-state index is -0.287. The molecular weight excluding hydrogens is 271 g/mol. The van der Waals surface area contributed by atoms with Crippen LogP contribution in [-0.2, 0) is 0 Å². The zero-order valence-corrected chi connectivity index (χ0v) is 10.7. The average Bonchev–Trinajstić information content (AvgIpc) is 2.81. The van der Waals surface area contributed by atoms with Gasteiger partial charge in [-0.3, -0.25) is 0 Å². The van der Waals surface area contributed by atoms with Gasteiger partial charge in [0.1, 0.15) is 0 Å². The summed E-state index contributed by atoms with van der Waals surface area (Å²) in [7, 11) is 0. The van der Waals surface area contributed by atoms with Crippen molar-refractivity contribution in [3.05, 3.63) is 52.7 Å². The molecule has 0 aliphatic carbocycles. The molecule has 1 nitrogen and oxygen atoms in total. The van der Waals surface area contributed by atoms with Gasteiger partial charge in [-0.1, -0.05) is 0 Å². The minimum absolute atomic E-state index is 0.287. The van der Waals surface area contributed by atoms with Crippen LogP contribution in [0.15, 0.2) is 47.8 Å². The molecule has 2 rings (SSSR count). The molecule has 0 saturated heterocycles. The molecule has 0 radical (unpaired) electrons. The Hall–Kier alpha value is -0.601. The van der Waals surface area contributed by atoms with Crippen molar-refractivity contribution in [2.24, 2.45) is 0 Å². The molecule has 1 atom stereocenters. The molecule has 0 saturated carbocycles. The number of thiophene rings is 1. The first-order valence-electron chi connectivity index (χ1n) is 4.75. The van der Waals surface area contributed by atoms with Crippen LogP contribution in [0.3, 0.4) is 0 Å². The fraction of sp³-hybridized carbons (Fsp3) is 0.167. The molecule has 0 spiro atoms. The van der Waals surface area contributed by atoms with Crippen molar-refractivity contribution in [3.8, 4) is 0 Å². The Morgan fingerprint density at radius 1 is 1.13 bits per heavy atom. The molecule has 0 aliphatic rings. The summed E-state index contributed by atoms with van der Waals surface area (Å²) in [5, 5.41) is 12.8. The number of aliphatic hydroxyl groups is 1. The van der Waals surface area contributed by atoms with Crippen molar-refractivity contribution in [3.63, 3.8) is 0 Å². The predicted octanol–water partition coefficient (Wildman–Crippen LogP) is 2.23. The number of benzene rings is 1. The van der Waals surface area contributed by atoms with E-state index in [1.807, 2.05) is 23.6 Å². The van der Waals surface area contributed by atoms with Gasteiger partial charge in [0.15, 0.2) is 0 Å². The molecule has 0 fully saturated rings. The van der Waals surface area contributed by atoms with E-state index in [0.717, 1.165) is 10.2 Å². The zero-order valence-electron chi connectivity index (χ0n) is 8.17. The first-order chi connectivity index (χ1) is 7.36. The summed E-state index contributed by atoms with van der Waals surface area (Å²) in [5.41, 5.74) is 0. The first-order valence-corrected chi connectivity index (χ1v) is 7.70. The van der Waals surface area contributed by atoms with Crippen LogP contribution in [-0.4, -0.2) is 20.1 Å². The molecule has 3 heteroatoms. The topological polar surface area (TPSA) is 20.2 Å². The normalized spacial score (nSPS) is 12.6. The van der Waals surface area contributed by atoms with E-state index < -0.39 is 0 Å². The standard InChI is InChI=1S/C12H12OSSe/c13-11(12-7-4-8-14-12)9-15-10-5-2-1-3-6-10/h1-8,11,13H,9H2/t11-/m1/s1. The Labute approximate surface area is 99.9 Å². The van der Waals surface area contributed by atoms with Gasteiger partial charge < -0.3 is 0 Å². The molecule has 78 valence electrons. The van der Waals surface area contributed by atoms with Crippen LogP contribution in [0.25, 0.3) is 0 Å². The first kappa shape index (κ1) is 10.9. The summed E-state index contributed by atoms with van der Waals surface area (Å²) >= 11 is 1.99. The Morgan fingerprint density at radius 3 is 2.60 bits per heavy atom. The van der Waals surface area contributed by atoms with Crippen molar-refractivity contribution < 1.29 is 5.11 Å². The van der Waals surface area contributed by atoms with E-state index in [4.69, 9.17) is 0 Å². The summed E-state index contributed by atoms with van der Waals surface area (Å²) in [6, 6.07) is 14.4. The molecule has 2 aromatic rings. The van der Waals surface area contributed by atoms with Crippen LogP contribution >= 0.6 is 11.3 Å². The van der Waals surface area contributed by atoms with Gasteiger partial charge in [0.25, 0.3) is 0 Å². The van der Waals surface area contributed by atoms with Crippen molar-refractivity contribution >= 4 is 30.8 Å². The van der Waals surface area contributed by atoms with E-state index in [1.54, 1.807) is 11.3 Å². The third kappa shape index (κ3) is 3.18. The van der Waals surface area contributed by atoms with E-state index in [9.17, 15) is 5.11 Å². The number of aliphatic hydroxyl groups excluding tert-OH is 1. The number of hydrogen-bond acceptors (Lipinski definition) is 2. The fourth-order valence-corrected chi connectivity index (χ4v) is 4.05. The molecule has 0 aliphatic heterocycles. The summed E-state index contributed by atoms with van der Waals surface area (Å²) in [6.07, 6.45) is -0.287. The molecule has 15 heavy (non-hydrogen) atoms. The maximum atomic E-state index is 9.90. The van der Waals surface area contributed by atoms with Gasteiger partial charge in [-0.15, -0.1) is 0 Å². The van der Waals surface area contributed by atoms with Gasteiger partial charge in [-0.25, -0.2) is 0 Å². The van der Waals surface area contributed by atoms with E-state index in [1.165, 1.54) is 4.46 Å². The Bertz CT molecular complexity index is 385. The third-order valence-corrected chi connectivity index (χ3v) is 5.28. The van der Waals surface area contributed by atoms with Gasteiger partial charge >= 0.3 is 100 Å². The van der Waals surface area contributed by atoms with Crippen molar-refractivity contribution in [2.45, 2.75) is 11.4 Å². The summed E-state index contributed by atoms with van der Waals surface area (Å²) < 4.78 is 1.35. The van der Waals surface area contributed by atoms with Crippen LogP contribution < -0.4 is 4.46 Å². The van der Waals surface area contributed by atoms with Crippen molar-refractivity contribution in [1.29, 1.82) is 0 Å². The van der Waals surface area contributed by atoms with Gasteiger partial charge in [0.2, 0.25) is 0 Å². The SMILES string of the molecule is O[C@H](C[Se]c1ccccc1)c1cccs1. The van der Waals surface area contributed by atoms with Crippen LogP contribution in [0.1, 0.15) is 11.0 Å². The van der Waals surface area contributed by atoms with Crippen LogP contribution in [0.2, 0.25) is 5.32 Å². The predicted molar refractivity (Wildman–Crippen MR) is 65.9 cm³/mol. The summed E-state index contributed by atoms with van der Waals surface area (Å²) in [6.45, 7) is 0. The molecule has 0 bridgehead atoms. The Kier molecular flexibility index (Phi) is 3.98. The van der Waals surface area contributed by atoms with E-state index in [-0.39, 0.29) is 6.10 Å².